The second kappa shape index (κ2) is 6.90. The van der Waals surface area contributed by atoms with Crippen molar-refractivity contribution in [3.05, 3.63) is 33.3 Å². The first kappa shape index (κ1) is 14.3. The van der Waals surface area contributed by atoms with Gasteiger partial charge >= 0.3 is 0 Å². The Morgan fingerprint density at radius 1 is 1.44 bits per heavy atom. The fraction of sp³-hybridized carbons (Fsp3) is 0.571. The van der Waals surface area contributed by atoms with E-state index in [9.17, 15) is 0 Å². The molecule has 1 saturated carbocycles. The first-order chi connectivity index (χ1) is 8.70. The molecule has 2 rings (SSSR count). The molecule has 4 heteroatoms. The second-order valence-corrected chi connectivity index (χ2v) is 6.32. The predicted octanol–water partition coefficient (Wildman–Crippen LogP) is 3.88. The molecule has 1 fully saturated rings. The molecule has 0 aliphatic heterocycles. The van der Waals surface area contributed by atoms with E-state index in [2.05, 4.69) is 21.2 Å². The maximum Gasteiger partial charge on any atom is 0.0459 e. The largest absolute Gasteiger partial charge is 0.329 e. The van der Waals surface area contributed by atoms with Gasteiger partial charge in [-0.25, -0.2) is 0 Å². The van der Waals surface area contributed by atoms with Crippen LogP contribution in [-0.2, 0) is 0 Å². The lowest BCUT2D eigenvalue weighted by atomic mass is 10.1. The van der Waals surface area contributed by atoms with Gasteiger partial charge in [0, 0.05) is 22.1 Å². The van der Waals surface area contributed by atoms with Crippen LogP contribution in [0.5, 0.6) is 0 Å². The Morgan fingerprint density at radius 3 is 2.89 bits per heavy atom. The number of hydrogen-bond donors (Lipinski definition) is 2. The summed E-state index contributed by atoms with van der Waals surface area (Å²) in [6.45, 7) is 1.58. The van der Waals surface area contributed by atoms with Gasteiger partial charge in [-0.3, -0.25) is 0 Å². The van der Waals surface area contributed by atoms with Crippen LogP contribution in [-0.4, -0.2) is 13.1 Å². The molecule has 18 heavy (non-hydrogen) atoms. The van der Waals surface area contributed by atoms with Gasteiger partial charge < -0.3 is 11.1 Å². The van der Waals surface area contributed by atoms with Gasteiger partial charge in [0.15, 0.2) is 0 Å². The molecule has 1 aromatic carbocycles. The van der Waals surface area contributed by atoms with Gasteiger partial charge in [-0.15, -0.1) is 0 Å². The Bertz CT molecular complexity index is 393. The molecule has 0 saturated heterocycles. The van der Waals surface area contributed by atoms with Crippen molar-refractivity contribution in [2.24, 2.45) is 11.7 Å². The number of benzene rings is 1. The summed E-state index contributed by atoms with van der Waals surface area (Å²) < 4.78 is 1.04. The third-order valence-electron chi connectivity index (χ3n) is 3.45. The molecular weight excluding hydrogens is 312 g/mol. The average Bonchev–Trinajstić information content (AvgIpc) is 3.17. The summed E-state index contributed by atoms with van der Waals surface area (Å²) in [5.74, 6) is 0.998. The molecule has 1 unspecified atom stereocenters. The van der Waals surface area contributed by atoms with E-state index in [0.29, 0.717) is 6.54 Å². The summed E-state index contributed by atoms with van der Waals surface area (Å²) in [4.78, 5) is 0. The molecule has 1 aliphatic carbocycles. The normalized spacial score (nSPS) is 16.8. The molecule has 0 bridgehead atoms. The van der Waals surface area contributed by atoms with Gasteiger partial charge in [0.2, 0.25) is 0 Å². The standard InChI is InChI=1S/C14H20BrClN2/c15-11-5-6-13(16)12(8-11)14(9-17)18-7-1-2-10-3-4-10/h5-6,8,10,14,18H,1-4,7,9,17H2. The topological polar surface area (TPSA) is 38.0 Å². The van der Waals surface area contributed by atoms with Crippen LogP contribution < -0.4 is 11.1 Å². The summed E-state index contributed by atoms with van der Waals surface area (Å²) in [6, 6.07) is 6.06. The minimum absolute atomic E-state index is 0.147. The number of halogens is 2. The number of hydrogen-bond acceptors (Lipinski definition) is 2. The molecule has 0 radical (unpaired) electrons. The summed E-state index contributed by atoms with van der Waals surface area (Å²) in [5, 5.41) is 4.29. The summed E-state index contributed by atoms with van der Waals surface area (Å²) >= 11 is 9.70. The molecule has 0 aromatic heterocycles. The Balaban J connectivity index is 1.87. The third kappa shape index (κ3) is 4.23. The fourth-order valence-electron chi connectivity index (χ4n) is 2.18. The Morgan fingerprint density at radius 2 is 2.22 bits per heavy atom. The highest BCUT2D eigenvalue weighted by Crippen LogP contribution is 2.33. The smallest absolute Gasteiger partial charge is 0.0459 e. The van der Waals surface area contributed by atoms with Crippen molar-refractivity contribution in [3.63, 3.8) is 0 Å². The van der Waals surface area contributed by atoms with Gasteiger partial charge in [-0.2, -0.15) is 0 Å². The monoisotopic (exact) mass is 330 g/mol. The highest BCUT2D eigenvalue weighted by molar-refractivity contribution is 9.10. The van der Waals surface area contributed by atoms with E-state index in [4.69, 9.17) is 17.3 Å². The average molecular weight is 332 g/mol. The molecule has 1 atom stereocenters. The van der Waals surface area contributed by atoms with E-state index >= 15 is 0 Å². The zero-order valence-corrected chi connectivity index (χ0v) is 12.8. The molecule has 1 aliphatic rings. The van der Waals surface area contributed by atoms with Gasteiger partial charge in [0.1, 0.15) is 0 Å². The van der Waals surface area contributed by atoms with Gasteiger partial charge in [-0.1, -0.05) is 40.4 Å². The number of nitrogens with one attached hydrogen (secondary N) is 1. The minimum atomic E-state index is 0.147. The quantitative estimate of drug-likeness (QED) is 0.744. The first-order valence-electron chi connectivity index (χ1n) is 6.59. The Labute approximate surface area is 122 Å². The van der Waals surface area contributed by atoms with E-state index in [1.807, 2.05) is 18.2 Å². The lowest BCUT2D eigenvalue weighted by Gasteiger charge is -2.19. The van der Waals surface area contributed by atoms with Crippen LogP contribution in [0.4, 0.5) is 0 Å². The molecule has 0 amide bonds. The Kier molecular flexibility index (Phi) is 5.49. The highest BCUT2D eigenvalue weighted by atomic mass is 79.9. The van der Waals surface area contributed by atoms with Crippen LogP contribution in [0, 0.1) is 5.92 Å². The number of rotatable bonds is 7. The lowest BCUT2D eigenvalue weighted by Crippen LogP contribution is -2.29. The van der Waals surface area contributed by atoms with Crippen molar-refractivity contribution in [2.75, 3.05) is 13.1 Å². The predicted molar refractivity (Wildman–Crippen MR) is 80.9 cm³/mol. The van der Waals surface area contributed by atoms with E-state index in [-0.39, 0.29) is 6.04 Å². The zero-order chi connectivity index (χ0) is 13.0. The van der Waals surface area contributed by atoms with Crippen LogP contribution in [0.2, 0.25) is 5.02 Å². The van der Waals surface area contributed by atoms with E-state index in [0.717, 1.165) is 27.5 Å². The summed E-state index contributed by atoms with van der Waals surface area (Å²) in [5.41, 5.74) is 6.92. The molecule has 100 valence electrons. The maximum atomic E-state index is 6.23. The van der Waals surface area contributed by atoms with E-state index < -0.39 is 0 Å². The van der Waals surface area contributed by atoms with Gasteiger partial charge in [0.05, 0.1) is 0 Å². The first-order valence-corrected chi connectivity index (χ1v) is 7.76. The van der Waals surface area contributed by atoms with Crippen molar-refractivity contribution in [3.8, 4) is 0 Å². The van der Waals surface area contributed by atoms with Crippen molar-refractivity contribution in [2.45, 2.75) is 31.7 Å². The van der Waals surface area contributed by atoms with Crippen molar-refractivity contribution in [1.29, 1.82) is 0 Å². The molecule has 1 aromatic rings. The minimum Gasteiger partial charge on any atom is -0.329 e. The van der Waals surface area contributed by atoms with Crippen molar-refractivity contribution >= 4 is 27.5 Å². The molecular formula is C14H20BrClN2. The molecule has 3 N–H and O–H groups in total. The fourth-order valence-corrected chi connectivity index (χ4v) is 2.80. The maximum absolute atomic E-state index is 6.23. The van der Waals surface area contributed by atoms with E-state index in [1.165, 1.54) is 25.7 Å². The third-order valence-corrected chi connectivity index (χ3v) is 4.28. The molecule has 0 spiro atoms. The zero-order valence-electron chi connectivity index (χ0n) is 10.5. The van der Waals surface area contributed by atoms with Gasteiger partial charge in [0.25, 0.3) is 0 Å². The van der Waals surface area contributed by atoms with Crippen LogP contribution in [0.15, 0.2) is 22.7 Å². The van der Waals surface area contributed by atoms with Gasteiger partial charge in [-0.05, 0) is 49.1 Å². The van der Waals surface area contributed by atoms with Crippen molar-refractivity contribution < 1.29 is 0 Å². The van der Waals surface area contributed by atoms with Crippen LogP contribution in [0.3, 0.4) is 0 Å². The van der Waals surface area contributed by atoms with E-state index in [1.54, 1.807) is 0 Å². The van der Waals surface area contributed by atoms with Crippen LogP contribution in [0.25, 0.3) is 0 Å². The molecule has 2 nitrogen and oxygen atoms in total. The SMILES string of the molecule is NCC(NCCCC1CC1)c1cc(Br)ccc1Cl. The van der Waals surface area contributed by atoms with Crippen LogP contribution >= 0.6 is 27.5 Å². The lowest BCUT2D eigenvalue weighted by molar-refractivity contribution is 0.512. The Hall–Kier alpha value is -0.0900. The number of nitrogens with two attached hydrogens (primary N) is 1. The van der Waals surface area contributed by atoms with Crippen molar-refractivity contribution in [1.82, 2.24) is 5.32 Å². The highest BCUT2D eigenvalue weighted by Gasteiger charge is 2.20. The summed E-state index contributed by atoms with van der Waals surface area (Å²) in [6.07, 6.45) is 5.43. The van der Waals surface area contributed by atoms with Crippen LogP contribution in [0.1, 0.15) is 37.3 Å². The summed E-state index contributed by atoms with van der Waals surface area (Å²) in [7, 11) is 0. The second-order valence-electron chi connectivity index (χ2n) is 4.99. The molecule has 0 heterocycles.